The van der Waals surface area contributed by atoms with Crippen LogP contribution in [0.15, 0.2) is 116 Å². The second kappa shape index (κ2) is 6.95. The Morgan fingerprint density at radius 3 is 1.59 bits per heavy atom. The molecule has 29 heavy (non-hydrogen) atoms. The van der Waals surface area contributed by atoms with E-state index in [1.165, 1.54) is 0 Å². The van der Waals surface area contributed by atoms with Gasteiger partial charge in [0.1, 0.15) is 11.3 Å². The van der Waals surface area contributed by atoms with E-state index < -0.39 is 5.54 Å². The molecular formula is C26H20N2O. The molecule has 0 aliphatic carbocycles. The van der Waals surface area contributed by atoms with E-state index in [9.17, 15) is 5.11 Å². The average Bonchev–Trinajstić information content (AvgIpc) is 3.20. The predicted octanol–water partition coefficient (Wildman–Crippen LogP) is 5.58. The molecule has 3 nitrogen and oxygen atoms in total. The van der Waals surface area contributed by atoms with Crippen LogP contribution in [0.2, 0.25) is 0 Å². The molecule has 1 aromatic heterocycles. The van der Waals surface area contributed by atoms with Crippen LogP contribution < -0.4 is 0 Å². The van der Waals surface area contributed by atoms with Crippen LogP contribution in [0.3, 0.4) is 0 Å². The summed E-state index contributed by atoms with van der Waals surface area (Å²) in [7, 11) is 0. The van der Waals surface area contributed by atoms with Crippen molar-refractivity contribution in [3.63, 3.8) is 0 Å². The van der Waals surface area contributed by atoms with Crippen molar-refractivity contribution in [2.45, 2.75) is 5.54 Å². The van der Waals surface area contributed by atoms with Gasteiger partial charge in [0, 0.05) is 6.07 Å². The Balaban J connectivity index is 1.97. The van der Waals surface area contributed by atoms with E-state index in [-0.39, 0.29) is 5.75 Å². The number of hydrogen-bond acceptors (Lipinski definition) is 2. The summed E-state index contributed by atoms with van der Waals surface area (Å²) in [5, 5.41) is 10.2. The van der Waals surface area contributed by atoms with Gasteiger partial charge in [-0.15, -0.1) is 0 Å². The van der Waals surface area contributed by atoms with Crippen LogP contribution in [0.5, 0.6) is 5.75 Å². The lowest BCUT2D eigenvalue weighted by molar-refractivity contribution is 0.474. The van der Waals surface area contributed by atoms with Crippen molar-refractivity contribution in [2.24, 2.45) is 0 Å². The first-order chi connectivity index (χ1) is 14.3. The fraction of sp³-hybridized carbons (Fsp3) is 0.0385. The summed E-state index contributed by atoms with van der Waals surface area (Å²) in [5.74, 6) is 0.224. The Morgan fingerprint density at radius 1 is 0.621 bits per heavy atom. The molecule has 0 fully saturated rings. The molecule has 3 heteroatoms. The monoisotopic (exact) mass is 376 g/mol. The molecule has 140 valence electrons. The van der Waals surface area contributed by atoms with E-state index in [2.05, 4.69) is 82.3 Å². The van der Waals surface area contributed by atoms with Gasteiger partial charge in [-0.25, -0.2) is 4.98 Å². The zero-order chi connectivity index (χ0) is 19.7. The van der Waals surface area contributed by atoms with E-state index in [0.717, 1.165) is 27.7 Å². The number of nitrogens with zero attached hydrogens (tertiary/aromatic N) is 2. The van der Waals surface area contributed by atoms with Crippen molar-refractivity contribution in [3.05, 3.63) is 132 Å². The third kappa shape index (κ3) is 2.71. The smallest absolute Gasteiger partial charge is 0.122 e. The molecule has 5 aromatic rings. The largest absolute Gasteiger partial charge is 0.508 e. The Morgan fingerprint density at radius 2 is 1.10 bits per heavy atom. The van der Waals surface area contributed by atoms with Crippen molar-refractivity contribution in [2.75, 3.05) is 0 Å². The maximum Gasteiger partial charge on any atom is 0.122 e. The lowest BCUT2D eigenvalue weighted by atomic mass is 9.76. The van der Waals surface area contributed by atoms with Gasteiger partial charge in [0.05, 0.1) is 17.4 Å². The minimum Gasteiger partial charge on any atom is -0.508 e. The van der Waals surface area contributed by atoms with Crippen LogP contribution in [0.1, 0.15) is 16.7 Å². The Kier molecular flexibility index (Phi) is 4.14. The van der Waals surface area contributed by atoms with E-state index in [1.807, 2.05) is 30.6 Å². The predicted molar refractivity (Wildman–Crippen MR) is 116 cm³/mol. The topological polar surface area (TPSA) is 38.1 Å². The fourth-order valence-electron chi connectivity index (χ4n) is 4.22. The van der Waals surface area contributed by atoms with Gasteiger partial charge in [0.2, 0.25) is 0 Å². The third-order valence-electron chi connectivity index (χ3n) is 5.47. The van der Waals surface area contributed by atoms with E-state index in [4.69, 9.17) is 0 Å². The van der Waals surface area contributed by atoms with Crippen molar-refractivity contribution in [1.82, 2.24) is 9.55 Å². The van der Waals surface area contributed by atoms with Crippen molar-refractivity contribution in [3.8, 4) is 5.75 Å². The summed E-state index contributed by atoms with van der Waals surface area (Å²) in [5.41, 5.74) is 4.46. The number of imidazole rings is 1. The zero-order valence-electron chi connectivity index (χ0n) is 15.8. The number of phenolic OH excluding ortho intramolecular Hbond substituents is 1. The maximum absolute atomic E-state index is 10.2. The highest BCUT2D eigenvalue weighted by Crippen LogP contribution is 2.42. The maximum atomic E-state index is 10.2. The molecule has 0 atom stereocenters. The molecule has 0 unspecified atom stereocenters. The van der Waals surface area contributed by atoms with Gasteiger partial charge in [0.15, 0.2) is 0 Å². The molecule has 0 amide bonds. The van der Waals surface area contributed by atoms with Gasteiger partial charge in [-0.3, -0.25) is 0 Å². The van der Waals surface area contributed by atoms with E-state index in [0.29, 0.717) is 0 Å². The Hall–Kier alpha value is -3.85. The Labute approximate surface area is 169 Å². The number of aromatic nitrogens is 2. The summed E-state index contributed by atoms with van der Waals surface area (Å²) < 4.78 is 2.17. The molecule has 0 aliphatic rings. The molecule has 5 rings (SSSR count). The molecule has 1 heterocycles. The molecule has 0 spiro atoms. The first kappa shape index (κ1) is 17.3. The number of benzene rings is 4. The van der Waals surface area contributed by atoms with Crippen LogP contribution in [0, 0.1) is 0 Å². The van der Waals surface area contributed by atoms with Gasteiger partial charge in [-0.1, -0.05) is 91.0 Å². The molecule has 0 bridgehead atoms. The molecule has 0 aliphatic heterocycles. The normalized spacial score (nSPS) is 11.6. The van der Waals surface area contributed by atoms with Gasteiger partial charge in [0.25, 0.3) is 0 Å². The van der Waals surface area contributed by atoms with E-state index in [1.54, 1.807) is 12.1 Å². The minimum atomic E-state index is -0.633. The second-order valence-corrected chi connectivity index (χ2v) is 7.10. The van der Waals surface area contributed by atoms with Crippen LogP contribution in [0.4, 0.5) is 0 Å². The van der Waals surface area contributed by atoms with Gasteiger partial charge < -0.3 is 9.67 Å². The second-order valence-electron chi connectivity index (χ2n) is 7.10. The van der Waals surface area contributed by atoms with Gasteiger partial charge in [-0.05, 0) is 28.8 Å². The van der Waals surface area contributed by atoms with Crippen molar-refractivity contribution >= 4 is 11.0 Å². The summed E-state index contributed by atoms with van der Waals surface area (Å²) in [6.07, 6.45) is 1.87. The molecule has 0 saturated carbocycles. The quantitative estimate of drug-likeness (QED) is 0.416. The molecule has 0 saturated heterocycles. The number of hydrogen-bond donors (Lipinski definition) is 1. The highest BCUT2D eigenvalue weighted by atomic mass is 16.3. The third-order valence-corrected chi connectivity index (χ3v) is 5.47. The highest BCUT2D eigenvalue weighted by Gasteiger charge is 2.39. The van der Waals surface area contributed by atoms with Crippen LogP contribution in [-0.4, -0.2) is 14.7 Å². The fourth-order valence-corrected chi connectivity index (χ4v) is 4.22. The first-order valence-electron chi connectivity index (χ1n) is 9.63. The lowest BCUT2D eigenvalue weighted by Gasteiger charge is -2.38. The standard InChI is InChI=1S/C26H20N2O/c29-23-16-17-24-25(18-23)28(19-27-24)26(20-10-4-1-5-11-20,21-12-6-2-7-13-21)22-14-8-3-9-15-22/h1-19,29H. The van der Waals surface area contributed by atoms with Crippen LogP contribution in [-0.2, 0) is 5.54 Å². The van der Waals surface area contributed by atoms with Gasteiger partial charge >= 0.3 is 0 Å². The SMILES string of the molecule is Oc1ccc2ncn(C(c3ccccc3)(c3ccccc3)c3ccccc3)c2c1. The number of phenols is 1. The molecule has 1 N–H and O–H groups in total. The summed E-state index contributed by atoms with van der Waals surface area (Å²) in [6, 6.07) is 36.7. The number of rotatable bonds is 4. The summed E-state index contributed by atoms with van der Waals surface area (Å²) in [4.78, 5) is 4.65. The van der Waals surface area contributed by atoms with Crippen molar-refractivity contribution < 1.29 is 5.11 Å². The molecular weight excluding hydrogens is 356 g/mol. The minimum absolute atomic E-state index is 0.224. The zero-order valence-corrected chi connectivity index (χ0v) is 15.8. The number of fused-ring (bicyclic) bond motifs is 1. The first-order valence-corrected chi connectivity index (χ1v) is 9.63. The average molecular weight is 376 g/mol. The van der Waals surface area contributed by atoms with Crippen LogP contribution in [0.25, 0.3) is 11.0 Å². The summed E-state index contributed by atoms with van der Waals surface area (Å²) in [6.45, 7) is 0. The van der Waals surface area contributed by atoms with Gasteiger partial charge in [-0.2, -0.15) is 0 Å². The Bertz CT molecular complexity index is 1150. The van der Waals surface area contributed by atoms with E-state index >= 15 is 0 Å². The molecule has 0 radical (unpaired) electrons. The highest BCUT2D eigenvalue weighted by molar-refractivity contribution is 5.78. The van der Waals surface area contributed by atoms with Crippen molar-refractivity contribution in [1.29, 1.82) is 0 Å². The molecule has 4 aromatic carbocycles. The summed E-state index contributed by atoms with van der Waals surface area (Å²) >= 11 is 0. The van der Waals surface area contributed by atoms with Crippen LogP contribution >= 0.6 is 0 Å². The number of aromatic hydroxyl groups is 1. The lowest BCUT2D eigenvalue weighted by Crippen LogP contribution is -2.37.